The van der Waals surface area contributed by atoms with Crippen LogP contribution >= 0.6 is 0 Å². The Morgan fingerprint density at radius 3 is 2.52 bits per heavy atom. The zero-order chi connectivity index (χ0) is 19.6. The summed E-state index contributed by atoms with van der Waals surface area (Å²) in [5.41, 5.74) is 0. The highest BCUT2D eigenvalue weighted by molar-refractivity contribution is 5.81. The summed E-state index contributed by atoms with van der Waals surface area (Å²) in [7, 11) is 5.54. The Morgan fingerprint density at radius 2 is 1.89 bits per heavy atom. The number of guanidine groups is 1. The van der Waals surface area contributed by atoms with Crippen LogP contribution in [0.1, 0.15) is 45.4 Å². The standard InChI is InChI=1S/C20H40N6O/c1-5-12-25-15-9-17(10-16-25)23-20(21-2)22-11-7-14-26-13-6-8-18(26)19(27)24(3)4/h17-18H,5-16H2,1-4H3,(H2,21,22,23). The molecule has 27 heavy (non-hydrogen) atoms. The van der Waals surface area contributed by atoms with E-state index >= 15 is 0 Å². The van der Waals surface area contributed by atoms with Crippen molar-refractivity contribution in [1.29, 1.82) is 0 Å². The number of piperidine rings is 1. The fourth-order valence-electron chi connectivity index (χ4n) is 4.17. The molecule has 2 saturated heterocycles. The highest BCUT2D eigenvalue weighted by Gasteiger charge is 2.31. The molecule has 7 nitrogen and oxygen atoms in total. The van der Waals surface area contributed by atoms with E-state index in [0.717, 1.165) is 44.9 Å². The van der Waals surface area contributed by atoms with Crippen molar-refractivity contribution in [2.24, 2.45) is 4.99 Å². The second-order valence-corrected chi connectivity index (χ2v) is 8.04. The van der Waals surface area contributed by atoms with Crippen LogP contribution in [-0.4, -0.2) is 99.1 Å². The molecule has 0 aliphatic carbocycles. The van der Waals surface area contributed by atoms with E-state index in [4.69, 9.17) is 0 Å². The van der Waals surface area contributed by atoms with E-state index in [0.29, 0.717) is 6.04 Å². The summed E-state index contributed by atoms with van der Waals surface area (Å²) in [6.45, 7) is 8.70. The zero-order valence-corrected chi connectivity index (χ0v) is 17.8. The van der Waals surface area contributed by atoms with Crippen LogP contribution in [0.4, 0.5) is 0 Å². The number of carbonyl (C=O) groups excluding carboxylic acids is 1. The first-order chi connectivity index (χ1) is 13.0. The van der Waals surface area contributed by atoms with Crippen molar-refractivity contribution >= 4 is 11.9 Å². The molecule has 2 fully saturated rings. The summed E-state index contributed by atoms with van der Waals surface area (Å²) in [4.78, 5) is 23.3. The largest absolute Gasteiger partial charge is 0.356 e. The Labute approximate surface area is 165 Å². The van der Waals surface area contributed by atoms with Gasteiger partial charge in [0.05, 0.1) is 6.04 Å². The number of hydrogen-bond donors (Lipinski definition) is 2. The lowest BCUT2D eigenvalue weighted by atomic mass is 10.1. The molecule has 2 aliphatic heterocycles. The van der Waals surface area contributed by atoms with Crippen molar-refractivity contribution < 1.29 is 4.79 Å². The van der Waals surface area contributed by atoms with E-state index in [1.165, 1.54) is 38.9 Å². The number of amides is 1. The number of hydrogen-bond acceptors (Lipinski definition) is 4. The molecule has 0 bridgehead atoms. The SMILES string of the molecule is CCCN1CCC(NC(=NC)NCCCN2CCCC2C(=O)N(C)C)CC1. The molecule has 0 aromatic rings. The van der Waals surface area contributed by atoms with Crippen molar-refractivity contribution in [3.05, 3.63) is 0 Å². The quantitative estimate of drug-likeness (QED) is 0.373. The van der Waals surface area contributed by atoms with Crippen LogP contribution in [0.25, 0.3) is 0 Å². The van der Waals surface area contributed by atoms with Gasteiger partial charge in [-0.15, -0.1) is 0 Å². The minimum Gasteiger partial charge on any atom is -0.356 e. The monoisotopic (exact) mass is 380 g/mol. The van der Waals surface area contributed by atoms with Gasteiger partial charge >= 0.3 is 0 Å². The topological polar surface area (TPSA) is 63.2 Å². The van der Waals surface area contributed by atoms with Crippen molar-refractivity contribution in [2.45, 2.75) is 57.5 Å². The first-order valence-corrected chi connectivity index (χ1v) is 10.7. The first-order valence-electron chi connectivity index (χ1n) is 10.7. The summed E-state index contributed by atoms with van der Waals surface area (Å²) in [6, 6.07) is 0.593. The number of nitrogens with zero attached hydrogens (tertiary/aromatic N) is 4. The van der Waals surface area contributed by atoms with Gasteiger partial charge in [0.1, 0.15) is 0 Å². The first kappa shape index (κ1) is 22.0. The number of likely N-dealkylation sites (tertiary alicyclic amines) is 2. The van der Waals surface area contributed by atoms with Gasteiger partial charge in [-0.2, -0.15) is 0 Å². The minimum absolute atomic E-state index is 0.0748. The third-order valence-corrected chi connectivity index (χ3v) is 5.70. The number of carbonyl (C=O) groups is 1. The molecule has 2 aliphatic rings. The molecular weight excluding hydrogens is 340 g/mol. The van der Waals surface area contributed by atoms with E-state index in [1.54, 1.807) is 4.90 Å². The van der Waals surface area contributed by atoms with E-state index in [-0.39, 0.29) is 11.9 Å². The van der Waals surface area contributed by atoms with Crippen LogP contribution in [0.5, 0.6) is 0 Å². The average Bonchev–Trinajstić information content (AvgIpc) is 3.13. The van der Waals surface area contributed by atoms with Gasteiger partial charge in [0, 0.05) is 53.4 Å². The molecule has 1 atom stereocenters. The van der Waals surface area contributed by atoms with Crippen LogP contribution in [0.2, 0.25) is 0 Å². The van der Waals surface area contributed by atoms with E-state index in [1.807, 2.05) is 21.1 Å². The van der Waals surface area contributed by atoms with Gasteiger partial charge in [-0.25, -0.2) is 0 Å². The molecule has 1 amide bonds. The average molecular weight is 381 g/mol. The van der Waals surface area contributed by atoms with Crippen molar-refractivity contribution in [2.75, 3.05) is 60.4 Å². The fourth-order valence-corrected chi connectivity index (χ4v) is 4.17. The maximum Gasteiger partial charge on any atom is 0.239 e. The van der Waals surface area contributed by atoms with Crippen molar-refractivity contribution in [3.63, 3.8) is 0 Å². The summed E-state index contributed by atoms with van der Waals surface area (Å²) in [5.74, 6) is 1.15. The highest BCUT2D eigenvalue weighted by Crippen LogP contribution is 2.18. The van der Waals surface area contributed by atoms with Gasteiger partial charge in [0.2, 0.25) is 5.91 Å². The number of aliphatic imine (C=N–C) groups is 1. The molecule has 2 rings (SSSR count). The summed E-state index contributed by atoms with van der Waals surface area (Å²) < 4.78 is 0. The predicted molar refractivity (Wildman–Crippen MR) is 112 cm³/mol. The Hall–Kier alpha value is -1.34. The Balaban J connectivity index is 1.64. The second kappa shape index (κ2) is 11.5. The molecule has 156 valence electrons. The van der Waals surface area contributed by atoms with E-state index in [9.17, 15) is 4.79 Å². The van der Waals surface area contributed by atoms with Crippen LogP contribution in [0, 0.1) is 0 Å². The molecule has 0 aromatic carbocycles. The third-order valence-electron chi connectivity index (χ3n) is 5.70. The number of rotatable bonds is 8. The van der Waals surface area contributed by atoms with Gasteiger partial charge < -0.3 is 20.4 Å². The maximum absolute atomic E-state index is 12.3. The van der Waals surface area contributed by atoms with Crippen molar-refractivity contribution in [3.8, 4) is 0 Å². The molecular formula is C20H40N6O. The van der Waals surface area contributed by atoms with Crippen LogP contribution in [0.15, 0.2) is 4.99 Å². The van der Waals surface area contributed by atoms with Gasteiger partial charge in [0.15, 0.2) is 5.96 Å². The molecule has 2 N–H and O–H groups in total. The lowest BCUT2D eigenvalue weighted by molar-refractivity contribution is -0.133. The molecule has 7 heteroatoms. The van der Waals surface area contributed by atoms with Crippen LogP contribution in [0.3, 0.4) is 0 Å². The van der Waals surface area contributed by atoms with E-state index in [2.05, 4.69) is 32.3 Å². The Morgan fingerprint density at radius 1 is 1.15 bits per heavy atom. The third kappa shape index (κ3) is 6.96. The zero-order valence-electron chi connectivity index (χ0n) is 17.8. The molecule has 0 spiro atoms. The van der Waals surface area contributed by atoms with Gasteiger partial charge in [0.25, 0.3) is 0 Å². The molecule has 2 heterocycles. The lowest BCUT2D eigenvalue weighted by Crippen LogP contribution is -2.49. The Bertz CT molecular complexity index is 473. The van der Waals surface area contributed by atoms with Gasteiger partial charge in [-0.3, -0.25) is 14.7 Å². The summed E-state index contributed by atoms with van der Waals surface area (Å²) >= 11 is 0. The second-order valence-electron chi connectivity index (χ2n) is 8.04. The molecule has 0 saturated carbocycles. The smallest absolute Gasteiger partial charge is 0.239 e. The molecule has 0 radical (unpaired) electrons. The Kier molecular flexibility index (Phi) is 9.34. The van der Waals surface area contributed by atoms with Gasteiger partial charge in [-0.1, -0.05) is 6.92 Å². The molecule has 0 aromatic heterocycles. The predicted octanol–water partition coefficient (Wildman–Crippen LogP) is 0.969. The van der Waals surface area contributed by atoms with Crippen LogP contribution in [-0.2, 0) is 4.79 Å². The normalized spacial score (nSPS) is 22.8. The number of nitrogens with one attached hydrogen (secondary N) is 2. The minimum atomic E-state index is 0.0748. The summed E-state index contributed by atoms with van der Waals surface area (Å²) in [6.07, 6.45) is 6.74. The van der Waals surface area contributed by atoms with Crippen molar-refractivity contribution in [1.82, 2.24) is 25.3 Å². The molecule has 1 unspecified atom stereocenters. The van der Waals surface area contributed by atoms with E-state index < -0.39 is 0 Å². The van der Waals surface area contributed by atoms with Crippen LogP contribution < -0.4 is 10.6 Å². The van der Waals surface area contributed by atoms with Gasteiger partial charge in [-0.05, 0) is 51.6 Å². The fraction of sp³-hybridized carbons (Fsp3) is 0.900. The summed E-state index contributed by atoms with van der Waals surface area (Å²) in [5, 5.41) is 7.02. The lowest BCUT2D eigenvalue weighted by Gasteiger charge is -2.32. The highest BCUT2D eigenvalue weighted by atomic mass is 16.2. The number of likely N-dealkylation sites (N-methyl/N-ethyl adjacent to an activating group) is 1. The maximum atomic E-state index is 12.3.